The third-order valence-electron chi connectivity index (χ3n) is 3.71. The van der Waals surface area contributed by atoms with E-state index in [1.54, 1.807) is 0 Å². The molecular formula is C17H25NO3. The average molecular weight is 291 g/mol. The van der Waals surface area contributed by atoms with Gasteiger partial charge >= 0.3 is 6.09 Å². The first-order valence-corrected chi connectivity index (χ1v) is 7.54. The molecule has 21 heavy (non-hydrogen) atoms. The fraction of sp³-hybridized carbons (Fsp3) is 0.529. The highest BCUT2D eigenvalue weighted by atomic mass is 16.6. The van der Waals surface area contributed by atoms with Crippen LogP contribution in [0.4, 0.5) is 4.79 Å². The number of alkyl carbamates (subject to hydrolysis) is 1. The molecule has 3 atom stereocenters. The molecular weight excluding hydrogens is 266 g/mol. The van der Waals surface area contributed by atoms with E-state index in [0.29, 0.717) is 12.8 Å². The first kappa shape index (κ1) is 17.2. The van der Waals surface area contributed by atoms with Crippen LogP contribution in [0.5, 0.6) is 0 Å². The largest absolute Gasteiger partial charge is 0.445 e. The molecule has 0 spiro atoms. The molecule has 1 rings (SSSR count). The molecule has 0 aliphatic rings. The lowest BCUT2D eigenvalue weighted by Gasteiger charge is -2.23. The summed E-state index contributed by atoms with van der Waals surface area (Å²) in [6.07, 6.45) is 0.234. The predicted octanol–water partition coefficient (Wildman–Crippen LogP) is 3.87. The van der Waals surface area contributed by atoms with Gasteiger partial charge in [0.1, 0.15) is 11.9 Å². The summed E-state index contributed by atoms with van der Waals surface area (Å²) in [6.45, 7) is 7.45. The molecule has 0 aromatic heterocycles. The lowest BCUT2D eigenvalue weighted by molar-refractivity contribution is -0.125. The van der Waals surface area contributed by atoms with Gasteiger partial charge in [-0.3, -0.25) is 4.79 Å². The van der Waals surface area contributed by atoms with Crippen LogP contribution in [0.1, 0.15) is 52.1 Å². The van der Waals surface area contributed by atoms with Crippen molar-refractivity contribution in [3.05, 3.63) is 35.9 Å². The van der Waals surface area contributed by atoms with Gasteiger partial charge in [0, 0.05) is 6.42 Å². The number of Topliss-reactive ketones (excluding diaryl/α,β-unsaturated/α-hetero) is 1. The van der Waals surface area contributed by atoms with Crippen LogP contribution < -0.4 is 5.32 Å². The molecule has 0 aliphatic heterocycles. The zero-order valence-corrected chi connectivity index (χ0v) is 13.3. The number of amides is 1. The molecule has 0 radical (unpaired) electrons. The molecule has 0 fully saturated rings. The van der Waals surface area contributed by atoms with Crippen molar-refractivity contribution in [1.82, 2.24) is 5.32 Å². The van der Waals surface area contributed by atoms with Gasteiger partial charge in [0.15, 0.2) is 0 Å². The second-order valence-electron chi connectivity index (χ2n) is 5.24. The van der Waals surface area contributed by atoms with Crippen molar-refractivity contribution < 1.29 is 14.3 Å². The molecule has 0 unspecified atom stereocenters. The van der Waals surface area contributed by atoms with Crippen LogP contribution in [-0.2, 0) is 9.53 Å². The van der Waals surface area contributed by atoms with E-state index in [2.05, 4.69) is 5.32 Å². The highest BCUT2D eigenvalue weighted by molar-refractivity contribution is 5.81. The number of benzene rings is 1. The van der Waals surface area contributed by atoms with Gasteiger partial charge in [-0.2, -0.15) is 0 Å². The number of ether oxygens (including phenoxy) is 1. The average Bonchev–Trinajstić information content (AvgIpc) is 2.51. The first-order chi connectivity index (χ1) is 9.99. The second kappa shape index (κ2) is 8.45. The van der Waals surface area contributed by atoms with Crippen molar-refractivity contribution >= 4 is 11.9 Å². The Morgan fingerprint density at radius 2 is 1.76 bits per heavy atom. The SMILES string of the molecule is CCC(=O)[C@H](C)[C@H](CC)OC(=O)N[C@@H](C)c1ccccc1. The monoisotopic (exact) mass is 291 g/mol. The summed E-state index contributed by atoms with van der Waals surface area (Å²) in [4.78, 5) is 23.7. The topological polar surface area (TPSA) is 55.4 Å². The fourth-order valence-corrected chi connectivity index (χ4v) is 2.24. The van der Waals surface area contributed by atoms with Crippen molar-refractivity contribution in [2.75, 3.05) is 0 Å². The molecule has 0 aliphatic carbocycles. The molecule has 1 N–H and O–H groups in total. The summed E-state index contributed by atoms with van der Waals surface area (Å²) < 4.78 is 5.41. The molecule has 116 valence electrons. The summed E-state index contributed by atoms with van der Waals surface area (Å²) in [7, 11) is 0. The minimum atomic E-state index is -0.478. The van der Waals surface area contributed by atoms with Gasteiger partial charge < -0.3 is 10.1 Å². The Hall–Kier alpha value is -1.84. The Morgan fingerprint density at radius 1 is 1.14 bits per heavy atom. The van der Waals surface area contributed by atoms with E-state index >= 15 is 0 Å². The van der Waals surface area contributed by atoms with Crippen molar-refractivity contribution in [3.63, 3.8) is 0 Å². The Balaban J connectivity index is 2.57. The normalized spacial score (nSPS) is 14.9. The summed E-state index contributed by atoms with van der Waals surface area (Å²) in [5, 5.41) is 2.80. The number of carbonyl (C=O) groups is 2. The van der Waals surface area contributed by atoms with Crippen molar-refractivity contribution in [2.45, 2.75) is 52.7 Å². The Labute approximate surface area is 126 Å². The molecule has 1 amide bonds. The zero-order chi connectivity index (χ0) is 15.8. The Morgan fingerprint density at radius 3 is 2.29 bits per heavy atom. The molecule has 1 aromatic rings. The van der Waals surface area contributed by atoms with Gasteiger partial charge in [-0.1, -0.05) is 51.1 Å². The van der Waals surface area contributed by atoms with Gasteiger partial charge in [-0.15, -0.1) is 0 Å². The number of hydrogen-bond donors (Lipinski definition) is 1. The molecule has 1 aromatic carbocycles. The van der Waals surface area contributed by atoms with Crippen molar-refractivity contribution in [2.24, 2.45) is 5.92 Å². The van der Waals surface area contributed by atoms with Gasteiger partial charge in [-0.05, 0) is 18.9 Å². The summed E-state index contributed by atoms with van der Waals surface area (Å²) in [6, 6.07) is 9.55. The minimum absolute atomic E-state index is 0.116. The Bertz CT molecular complexity index is 458. The van der Waals surface area contributed by atoms with Gasteiger partial charge in [0.05, 0.1) is 12.0 Å². The smallest absolute Gasteiger partial charge is 0.407 e. The van der Waals surface area contributed by atoms with Crippen LogP contribution in [-0.4, -0.2) is 18.0 Å². The van der Waals surface area contributed by atoms with E-state index in [9.17, 15) is 9.59 Å². The third kappa shape index (κ3) is 5.21. The van der Waals surface area contributed by atoms with Gasteiger partial charge in [0.25, 0.3) is 0 Å². The van der Waals surface area contributed by atoms with Gasteiger partial charge in [-0.25, -0.2) is 4.79 Å². The highest BCUT2D eigenvalue weighted by Crippen LogP contribution is 2.16. The fourth-order valence-electron chi connectivity index (χ4n) is 2.24. The van der Waals surface area contributed by atoms with Crippen LogP contribution in [0.3, 0.4) is 0 Å². The summed E-state index contributed by atoms with van der Waals surface area (Å²) in [5.74, 6) is -0.150. The molecule has 0 bridgehead atoms. The van der Waals surface area contributed by atoms with Gasteiger partial charge in [0.2, 0.25) is 0 Å². The van der Waals surface area contributed by atoms with E-state index in [4.69, 9.17) is 4.74 Å². The van der Waals surface area contributed by atoms with Crippen LogP contribution >= 0.6 is 0 Å². The maximum Gasteiger partial charge on any atom is 0.407 e. The number of rotatable bonds is 7. The van der Waals surface area contributed by atoms with Crippen LogP contribution in [0.15, 0.2) is 30.3 Å². The van der Waals surface area contributed by atoms with Crippen molar-refractivity contribution in [1.29, 1.82) is 0 Å². The lowest BCUT2D eigenvalue weighted by atomic mass is 9.96. The van der Waals surface area contributed by atoms with Crippen LogP contribution in [0.25, 0.3) is 0 Å². The zero-order valence-electron chi connectivity index (χ0n) is 13.3. The van der Waals surface area contributed by atoms with E-state index in [0.717, 1.165) is 5.56 Å². The van der Waals surface area contributed by atoms with E-state index in [1.807, 2.05) is 58.0 Å². The van der Waals surface area contributed by atoms with Crippen LogP contribution in [0, 0.1) is 5.92 Å². The summed E-state index contributed by atoms with van der Waals surface area (Å²) >= 11 is 0. The van der Waals surface area contributed by atoms with Crippen molar-refractivity contribution in [3.8, 4) is 0 Å². The third-order valence-corrected chi connectivity index (χ3v) is 3.71. The number of ketones is 1. The maximum absolute atomic E-state index is 12.0. The number of nitrogens with one attached hydrogen (secondary N) is 1. The van der Waals surface area contributed by atoms with Crippen LogP contribution in [0.2, 0.25) is 0 Å². The lowest BCUT2D eigenvalue weighted by Crippen LogP contribution is -2.35. The van der Waals surface area contributed by atoms with E-state index < -0.39 is 6.09 Å². The van der Waals surface area contributed by atoms with E-state index in [-0.39, 0.29) is 23.8 Å². The molecule has 4 nitrogen and oxygen atoms in total. The number of carbonyl (C=O) groups excluding carboxylic acids is 2. The van der Waals surface area contributed by atoms with E-state index in [1.165, 1.54) is 0 Å². The Kier molecular flexibility index (Phi) is 6.92. The number of hydrogen-bond acceptors (Lipinski definition) is 3. The first-order valence-electron chi connectivity index (χ1n) is 7.54. The molecule has 0 heterocycles. The second-order valence-corrected chi connectivity index (χ2v) is 5.24. The quantitative estimate of drug-likeness (QED) is 0.829. The molecule has 0 saturated carbocycles. The maximum atomic E-state index is 12.0. The molecule has 0 saturated heterocycles. The summed E-state index contributed by atoms with van der Waals surface area (Å²) in [5.41, 5.74) is 1.01. The standard InChI is InChI=1S/C17H25NO3/c1-5-15(19)12(3)16(6-2)21-17(20)18-13(4)14-10-8-7-9-11-14/h7-13,16H,5-6H2,1-4H3,(H,18,20)/t12-,13-,16-/m0/s1. The molecule has 4 heteroatoms. The predicted molar refractivity (Wildman–Crippen MR) is 83.0 cm³/mol. The minimum Gasteiger partial charge on any atom is -0.445 e. The highest BCUT2D eigenvalue weighted by Gasteiger charge is 2.25.